The molecule has 1 aromatic carbocycles. The average Bonchev–Trinajstić information content (AvgIpc) is 2.46. The summed E-state index contributed by atoms with van der Waals surface area (Å²) < 4.78 is 0. The molecule has 5 nitrogen and oxygen atoms in total. The lowest BCUT2D eigenvalue weighted by Gasteiger charge is -2.20. The Balaban J connectivity index is 2.67. The topological polar surface area (TPSA) is 78.4 Å². The smallest absolute Gasteiger partial charge is 0.251 e. The molecule has 122 valence electrons. The highest BCUT2D eigenvalue weighted by atomic mass is 16.3. The molecule has 0 spiro atoms. The molecule has 0 aliphatic rings. The third kappa shape index (κ3) is 5.15. The average molecular weight is 306 g/mol. The fourth-order valence-electron chi connectivity index (χ4n) is 1.88. The molecule has 0 aliphatic carbocycles. The molecule has 0 saturated carbocycles. The van der Waals surface area contributed by atoms with E-state index in [1.54, 1.807) is 26.0 Å². The van der Waals surface area contributed by atoms with Crippen molar-refractivity contribution in [1.29, 1.82) is 0 Å². The highest BCUT2D eigenvalue weighted by Crippen LogP contribution is 2.22. The third-order valence-corrected chi connectivity index (χ3v) is 3.42. The van der Waals surface area contributed by atoms with Gasteiger partial charge in [0.25, 0.3) is 5.91 Å². The van der Waals surface area contributed by atoms with Gasteiger partial charge in [-0.1, -0.05) is 32.9 Å². The Morgan fingerprint density at radius 1 is 1.09 bits per heavy atom. The molecule has 0 saturated heterocycles. The number of amides is 2. The van der Waals surface area contributed by atoms with Gasteiger partial charge in [0.2, 0.25) is 5.91 Å². The largest absolute Gasteiger partial charge is 0.394 e. The molecule has 2 amide bonds. The van der Waals surface area contributed by atoms with Crippen LogP contribution in [0.2, 0.25) is 0 Å². The minimum atomic E-state index is -0.663. The number of carbonyl (C=O) groups is 2. The van der Waals surface area contributed by atoms with E-state index in [4.69, 9.17) is 5.11 Å². The van der Waals surface area contributed by atoms with Crippen molar-refractivity contribution in [2.75, 3.05) is 6.61 Å². The van der Waals surface area contributed by atoms with Gasteiger partial charge >= 0.3 is 0 Å². The van der Waals surface area contributed by atoms with Crippen molar-refractivity contribution in [2.45, 2.75) is 52.1 Å². The van der Waals surface area contributed by atoms with Gasteiger partial charge in [-0.3, -0.25) is 9.59 Å². The van der Waals surface area contributed by atoms with Gasteiger partial charge in [-0.15, -0.1) is 0 Å². The third-order valence-electron chi connectivity index (χ3n) is 3.42. The second kappa shape index (κ2) is 7.40. The summed E-state index contributed by atoms with van der Waals surface area (Å²) in [4.78, 5) is 24.0. The highest BCUT2D eigenvalue weighted by Gasteiger charge is 2.19. The molecule has 2 unspecified atom stereocenters. The van der Waals surface area contributed by atoms with Crippen LogP contribution in [0.1, 0.15) is 50.5 Å². The Hall–Kier alpha value is -1.88. The van der Waals surface area contributed by atoms with Crippen molar-refractivity contribution >= 4 is 11.8 Å². The second-order valence-corrected chi connectivity index (χ2v) is 6.61. The van der Waals surface area contributed by atoms with Gasteiger partial charge in [-0.05, 0) is 37.0 Å². The molecular formula is C17H26N2O3. The van der Waals surface area contributed by atoms with Gasteiger partial charge in [-0.25, -0.2) is 0 Å². The lowest BCUT2D eigenvalue weighted by Crippen LogP contribution is -2.48. The van der Waals surface area contributed by atoms with Gasteiger partial charge in [0.15, 0.2) is 0 Å². The first-order valence-corrected chi connectivity index (χ1v) is 7.47. The predicted molar refractivity (Wildman–Crippen MR) is 86.8 cm³/mol. The Kier molecular flexibility index (Phi) is 6.11. The number of aliphatic hydroxyl groups is 1. The molecule has 1 rings (SSSR count). The molecule has 0 radical (unpaired) electrons. The van der Waals surface area contributed by atoms with Crippen molar-refractivity contribution in [3.8, 4) is 0 Å². The van der Waals surface area contributed by atoms with Crippen molar-refractivity contribution in [3.63, 3.8) is 0 Å². The Bertz CT molecular complexity index is 518. The van der Waals surface area contributed by atoms with Gasteiger partial charge in [0.1, 0.15) is 6.04 Å². The number of rotatable bonds is 5. The Morgan fingerprint density at radius 3 is 2.09 bits per heavy atom. The quantitative estimate of drug-likeness (QED) is 0.773. The summed E-state index contributed by atoms with van der Waals surface area (Å²) in [5.41, 5.74) is 1.69. The van der Waals surface area contributed by atoms with Crippen LogP contribution < -0.4 is 10.6 Å². The maximum absolute atomic E-state index is 12.1. The minimum Gasteiger partial charge on any atom is -0.394 e. The van der Waals surface area contributed by atoms with Gasteiger partial charge in [0.05, 0.1) is 6.61 Å². The van der Waals surface area contributed by atoms with E-state index in [0.29, 0.717) is 5.56 Å². The summed E-state index contributed by atoms with van der Waals surface area (Å²) in [6, 6.07) is 6.37. The molecule has 0 aromatic heterocycles. The summed E-state index contributed by atoms with van der Waals surface area (Å²) in [5, 5.41) is 14.2. The lowest BCUT2D eigenvalue weighted by molar-refractivity contribution is -0.123. The number of carbonyl (C=O) groups excluding carboxylic acids is 2. The predicted octanol–water partition coefficient (Wildman–Crippen LogP) is 1.60. The Labute approximate surface area is 132 Å². The molecule has 22 heavy (non-hydrogen) atoms. The first-order chi connectivity index (χ1) is 10.1. The standard InChI is InChI=1S/C17H26N2O3/c1-11(10-20)18-15(21)12(2)19-16(22)13-6-8-14(9-7-13)17(3,4)5/h6-9,11-12,20H,10H2,1-5H3,(H,18,21)(H,19,22). The van der Waals surface area contributed by atoms with E-state index in [2.05, 4.69) is 31.4 Å². The van der Waals surface area contributed by atoms with E-state index in [-0.39, 0.29) is 29.9 Å². The lowest BCUT2D eigenvalue weighted by atomic mass is 9.86. The molecule has 5 heteroatoms. The van der Waals surface area contributed by atoms with Crippen LogP contribution in [-0.2, 0) is 10.2 Å². The van der Waals surface area contributed by atoms with Gasteiger partial charge < -0.3 is 15.7 Å². The molecular weight excluding hydrogens is 280 g/mol. The van der Waals surface area contributed by atoms with Crippen molar-refractivity contribution in [1.82, 2.24) is 10.6 Å². The molecule has 2 atom stereocenters. The molecule has 0 heterocycles. The number of aliphatic hydroxyl groups excluding tert-OH is 1. The minimum absolute atomic E-state index is 0.0304. The Morgan fingerprint density at radius 2 is 1.64 bits per heavy atom. The van der Waals surface area contributed by atoms with Crippen molar-refractivity contribution in [3.05, 3.63) is 35.4 Å². The zero-order valence-corrected chi connectivity index (χ0v) is 13.9. The molecule has 0 aliphatic heterocycles. The fourth-order valence-corrected chi connectivity index (χ4v) is 1.88. The molecule has 3 N–H and O–H groups in total. The summed E-state index contributed by atoms with van der Waals surface area (Å²) in [7, 11) is 0. The van der Waals surface area contributed by atoms with Crippen LogP contribution >= 0.6 is 0 Å². The molecule has 0 bridgehead atoms. The normalized spacial score (nSPS) is 14.1. The monoisotopic (exact) mass is 306 g/mol. The number of benzene rings is 1. The van der Waals surface area contributed by atoms with Crippen molar-refractivity contribution in [2.24, 2.45) is 0 Å². The SMILES string of the molecule is CC(CO)NC(=O)C(C)NC(=O)c1ccc(C(C)(C)C)cc1. The van der Waals surface area contributed by atoms with Gasteiger partial charge in [-0.2, -0.15) is 0 Å². The summed E-state index contributed by atoms with van der Waals surface area (Å²) in [6.07, 6.45) is 0. The second-order valence-electron chi connectivity index (χ2n) is 6.61. The van der Waals surface area contributed by atoms with E-state index in [9.17, 15) is 9.59 Å². The van der Waals surface area contributed by atoms with Crippen LogP contribution in [0.25, 0.3) is 0 Å². The number of hydrogen-bond donors (Lipinski definition) is 3. The highest BCUT2D eigenvalue weighted by molar-refractivity contribution is 5.97. The van der Waals surface area contributed by atoms with Crippen LogP contribution in [0.4, 0.5) is 0 Å². The van der Waals surface area contributed by atoms with Gasteiger partial charge in [0, 0.05) is 11.6 Å². The summed E-state index contributed by atoms with van der Waals surface area (Å²) >= 11 is 0. The van der Waals surface area contributed by atoms with E-state index >= 15 is 0 Å². The maximum Gasteiger partial charge on any atom is 0.251 e. The zero-order valence-electron chi connectivity index (χ0n) is 13.9. The summed E-state index contributed by atoms with van der Waals surface area (Å²) in [6.45, 7) is 9.49. The van der Waals surface area contributed by atoms with E-state index in [0.717, 1.165) is 5.56 Å². The van der Waals surface area contributed by atoms with Crippen LogP contribution in [0.3, 0.4) is 0 Å². The molecule has 0 fully saturated rings. The van der Waals surface area contributed by atoms with Crippen molar-refractivity contribution < 1.29 is 14.7 Å². The fraction of sp³-hybridized carbons (Fsp3) is 0.529. The first-order valence-electron chi connectivity index (χ1n) is 7.47. The van der Waals surface area contributed by atoms with E-state index in [1.807, 2.05) is 12.1 Å². The molecule has 1 aromatic rings. The number of hydrogen-bond acceptors (Lipinski definition) is 3. The van der Waals surface area contributed by atoms with Crippen LogP contribution in [0, 0.1) is 0 Å². The maximum atomic E-state index is 12.1. The van der Waals surface area contributed by atoms with Crippen LogP contribution in [0.15, 0.2) is 24.3 Å². The van der Waals surface area contributed by atoms with E-state index in [1.165, 1.54) is 0 Å². The first kappa shape index (κ1) is 18.2. The van der Waals surface area contributed by atoms with Crippen LogP contribution in [0.5, 0.6) is 0 Å². The number of nitrogens with one attached hydrogen (secondary N) is 2. The van der Waals surface area contributed by atoms with E-state index < -0.39 is 6.04 Å². The zero-order chi connectivity index (χ0) is 16.9. The summed E-state index contributed by atoms with van der Waals surface area (Å²) in [5.74, 6) is -0.610. The van der Waals surface area contributed by atoms with Crippen LogP contribution in [-0.4, -0.2) is 35.6 Å².